The molecule has 4 atom stereocenters. The molecule has 0 radical (unpaired) electrons. The maximum absolute atomic E-state index is 13.1. The van der Waals surface area contributed by atoms with Gasteiger partial charge in [0, 0.05) is 23.8 Å². The third-order valence-corrected chi connectivity index (χ3v) is 5.68. The van der Waals surface area contributed by atoms with Crippen LogP contribution in [0.1, 0.15) is 19.4 Å². The average molecular weight is 339 g/mol. The van der Waals surface area contributed by atoms with Crippen LogP contribution in [0.3, 0.4) is 0 Å². The van der Waals surface area contributed by atoms with Crippen molar-refractivity contribution in [3.8, 4) is 0 Å². The largest absolute Gasteiger partial charge is 0.324 e. The normalized spacial score (nSPS) is 33.2. The molecule has 3 aliphatic heterocycles. The Labute approximate surface area is 146 Å². The molecule has 3 amide bonds. The minimum absolute atomic E-state index is 0.105. The molecular weight excluding hydrogens is 318 g/mol. The second-order valence-electron chi connectivity index (χ2n) is 7.30. The molecule has 2 fully saturated rings. The van der Waals surface area contributed by atoms with Crippen molar-refractivity contribution in [1.82, 2.24) is 10.2 Å². The molecule has 4 rings (SSSR count). The van der Waals surface area contributed by atoms with E-state index in [9.17, 15) is 14.4 Å². The van der Waals surface area contributed by atoms with Gasteiger partial charge in [0.05, 0.1) is 11.8 Å². The van der Waals surface area contributed by atoms with Crippen molar-refractivity contribution < 1.29 is 14.4 Å². The predicted octanol–water partition coefficient (Wildman–Crippen LogP) is 1.25. The van der Waals surface area contributed by atoms with Gasteiger partial charge in [0.1, 0.15) is 5.54 Å². The smallest absolute Gasteiger partial charge is 0.250 e. The second kappa shape index (κ2) is 5.26. The molecule has 6 nitrogen and oxygen atoms in total. The van der Waals surface area contributed by atoms with E-state index in [1.165, 1.54) is 4.90 Å². The van der Waals surface area contributed by atoms with Gasteiger partial charge in [0.15, 0.2) is 0 Å². The number of nitrogens with one attached hydrogen (secondary N) is 2. The summed E-state index contributed by atoms with van der Waals surface area (Å²) in [5.74, 6) is -1.92. The molecule has 1 aromatic rings. The van der Waals surface area contributed by atoms with Gasteiger partial charge in [-0.05, 0) is 12.0 Å². The van der Waals surface area contributed by atoms with Crippen molar-refractivity contribution in [2.75, 3.05) is 11.9 Å². The summed E-state index contributed by atoms with van der Waals surface area (Å²) >= 11 is 0. The lowest BCUT2D eigenvalue weighted by Gasteiger charge is -2.30. The molecule has 0 aromatic heterocycles. The van der Waals surface area contributed by atoms with E-state index in [0.717, 1.165) is 5.56 Å². The first kappa shape index (κ1) is 16.0. The summed E-state index contributed by atoms with van der Waals surface area (Å²) in [7, 11) is 0. The zero-order chi connectivity index (χ0) is 17.9. The molecule has 0 bridgehead atoms. The van der Waals surface area contributed by atoms with Gasteiger partial charge in [-0.2, -0.15) is 0 Å². The number of imide groups is 1. The molecule has 1 spiro atoms. The van der Waals surface area contributed by atoms with Crippen molar-refractivity contribution in [3.05, 3.63) is 42.5 Å². The fourth-order valence-corrected chi connectivity index (χ4v) is 4.63. The van der Waals surface area contributed by atoms with Gasteiger partial charge in [0.25, 0.3) is 0 Å². The minimum Gasteiger partial charge on any atom is -0.324 e. The van der Waals surface area contributed by atoms with Crippen molar-refractivity contribution in [3.63, 3.8) is 0 Å². The Kier molecular flexibility index (Phi) is 3.37. The molecule has 2 N–H and O–H groups in total. The summed E-state index contributed by atoms with van der Waals surface area (Å²) in [6, 6.07) is 7.13. The van der Waals surface area contributed by atoms with Gasteiger partial charge in [-0.1, -0.05) is 38.1 Å². The van der Waals surface area contributed by atoms with Crippen LogP contribution in [0, 0.1) is 17.8 Å². The average Bonchev–Trinajstić information content (AvgIpc) is 3.16. The Bertz CT molecular complexity index is 803. The highest BCUT2D eigenvalue weighted by atomic mass is 16.2. The topological polar surface area (TPSA) is 78.5 Å². The first-order valence-electron chi connectivity index (χ1n) is 8.58. The van der Waals surface area contributed by atoms with Crippen molar-refractivity contribution in [2.24, 2.45) is 17.8 Å². The van der Waals surface area contributed by atoms with Crippen molar-refractivity contribution in [2.45, 2.75) is 25.4 Å². The summed E-state index contributed by atoms with van der Waals surface area (Å²) in [5, 5.41) is 6.27. The van der Waals surface area contributed by atoms with Crippen LogP contribution in [0.15, 0.2) is 36.9 Å². The SMILES string of the molecule is C=CCN1C(=O)C2C(C(C)C)NC3(C(=O)Nc4ccccc43)C2C1=O. The predicted molar refractivity (Wildman–Crippen MR) is 92.4 cm³/mol. The number of anilines is 1. The number of likely N-dealkylation sites (tertiary alicyclic amines) is 1. The number of rotatable bonds is 3. The Morgan fingerprint density at radius 3 is 2.64 bits per heavy atom. The highest BCUT2D eigenvalue weighted by Crippen LogP contribution is 2.53. The number of carbonyl (C=O) groups excluding carboxylic acids is 3. The number of fused-ring (bicyclic) bond motifs is 4. The molecule has 3 aliphatic rings. The quantitative estimate of drug-likeness (QED) is 0.642. The highest BCUT2D eigenvalue weighted by molar-refractivity contribution is 6.15. The van der Waals surface area contributed by atoms with E-state index < -0.39 is 17.4 Å². The lowest BCUT2D eigenvalue weighted by molar-refractivity contribution is -0.142. The third-order valence-electron chi connectivity index (χ3n) is 5.68. The van der Waals surface area contributed by atoms with Crippen molar-refractivity contribution in [1.29, 1.82) is 0 Å². The Morgan fingerprint density at radius 1 is 1.24 bits per heavy atom. The van der Waals surface area contributed by atoms with Gasteiger partial charge >= 0.3 is 0 Å². The van der Waals surface area contributed by atoms with Crippen LogP contribution in [0.2, 0.25) is 0 Å². The van der Waals surface area contributed by atoms with Crippen LogP contribution in [-0.4, -0.2) is 35.2 Å². The number of benzene rings is 1. The number of amides is 3. The zero-order valence-corrected chi connectivity index (χ0v) is 14.3. The van der Waals surface area contributed by atoms with E-state index in [4.69, 9.17) is 0 Å². The molecule has 25 heavy (non-hydrogen) atoms. The number of hydrogen-bond acceptors (Lipinski definition) is 4. The van der Waals surface area contributed by atoms with Crippen LogP contribution >= 0.6 is 0 Å². The molecule has 130 valence electrons. The highest BCUT2D eigenvalue weighted by Gasteiger charge is 2.70. The molecule has 6 heteroatoms. The van der Waals surface area contributed by atoms with Crippen LogP contribution in [-0.2, 0) is 19.9 Å². The summed E-state index contributed by atoms with van der Waals surface area (Å²) in [6.45, 7) is 7.82. The van der Waals surface area contributed by atoms with E-state index in [-0.39, 0.29) is 36.2 Å². The summed E-state index contributed by atoms with van der Waals surface area (Å²) in [6.07, 6.45) is 1.55. The van der Waals surface area contributed by atoms with Gasteiger partial charge in [-0.15, -0.1) is 6.58 Å². The van der Waals surface area contributed by atoms with Crippen LogP contribution in [0.5, 0.6) is 0 Å². The van der Waals surface area contributed by atoms with Crippen LogP contribution in [0.4, 0.5) is 5.69 Å². The Balaban J connectivity index is 1.91. The van der Waals surface area contributed by atoms with Gasteiger partial charge in [-0.25, -0.2) is 0 Å². The number of nitrogens with zero attached hydrogens (tertiary/aromatic N) is 1. The monoisotopic (exact) mass is 339 g/mol. The van der Waals surface area contributed by atoms with Gasteiger partial charge < -0.3 is 5.32 Å². The van der Waals surface area contributed by atoms with Crippen LogP contribution < -0.4 is 10.6 Å². The van der Waals surface area contributed by atoms with E-state index in [1.54, 1.807) is 6.08 Å². The third kappa shape index (κ3) is 1.86. The van der Waals surface area contributed by atoms with Gasteiger partial charge in [0.2, 0.25) is 17.7 Å². The van der Waals surface area contributed by atoms with E-state index in [0.29, 0.717) is 5.69 Å². The van der Waals surface area contributed by atoms with Gasteiger partial charge in [-0.3, -0.25) is 24.6 Å². The number of para-hydroxylation sites is 1. The first-order valence-corrected chi connectivity index (χ1v) is 8.58. The fraction of sp³-hybridized carbons (Fsp3) is 0.421. The summed E-state index contributed by atoms with van der Waals surface area (Å²) in [5.41, 5.74) is 0.268. The first-order chi connectivity index (χ1) is 11.9. The molecular formula is C19H21N3O3. The zero-order valence-electron chi connectivity index (χ0n) is 14.3. The maximum Gasteiger partial charge on any atom is 0.250 e. The van der Waals surface area contributed by atoms with E-state index in [1.807, 2.05) is 38.1 Å². The fourth-order valence-electron chi connectivity index (χ4n) is 4.63. The van der Waals surface area contributed by atoms with Crippen LogP contribution in [0.25, 0.3) is 0 Å². The molecule has 2 saturated heterocycles. The Morgan fingerprint density at radius 2 is 1.96 bits per heavy atom. The molecule has 0 aliphatic carbocycles. The maximum atomic E-state index is 13.1. The standard InChI is InChI=1S/C19H21N3O3/c1-4-9-22-16(23)13-14(17(22)24)19(21-15(13)10(2)3)11-7-5-6-8-12(11)20-18(19)25/h4-8,10,13-15,21H,1,9H2,2-3H3,(H,20,25). The summed E-state index contributed by atoms with van der Waals surface area (Å²) in [4.78, 5) is 40.3. The molecule has 1 aromatic carbocycles. The second-order valence-corrected chi connectivity index (χ2v) is 7.30. The van der Waals surface area contributed by atoms with Crippen molar-refractivity contribution >= 4 is 23.4 Å². The number of hydrogen-bond donors (Lipinski definition) is 2. The molecule has 3 heterocycles. The lowest BCUT2D eigenvalue weighted by Crippen LogP contribution is -2.54. The summed E-state index contributed by atoms with van der Waals surface area (Å²) < 4.78 is 0. The van der Waals surface area contributed by atoms with E-state index >= 15 is 0 Å². The number of carbonyl (C=O) groups is 3. The molecule has 4 unspecified atom stereocenters. The minimum atomic E-state index is -1.18. The Hall–Kier alpha value is -2.47. The lowest BCUT2D eigenvalue weighted by atomic mass is 9.76. The molecule has 0 saturated carbocycles. The van der Waals surface area contributed by atoms with E-state index in [2.05, 4.69) is 17.2 Å².